The number of aromatic nitrogens is 2. The lowest BCUT2D eigenvalue weighted by atomic mass is 10.2. The summed E-state index contributed by atoms with van der Waals surface area (Å²) < 4.78 is 26.9. The second-order valence-corrected chi connectivity index (χ2v) is 10.7. The van der Waals surface area contributed by atoms with Crippen molar-refractivity contribution >= 4 is 38.3 Å². The number of sulfonamides is 1. The van der Waals surface area contributed by atoms with Crippen molar-refractivity contribution in [3.63, 3.8) is 0 Å². The number of aryl methyl sites for hydroxylation is 1. The molecule has 0 spiro atoms. The monoisotopic (exact) mass is 465 g/mol. The number of benzene rings is 1. The van der Waals surface area contributed by atoms with Gasteiger partial charge in [0, 0.05) is 44.9 Å². The molecule has 2 aromatic rings. The first-order valence-corrected chi connectivity index (χ1v) is 12.4. The number of piperazine rings is 1. The van der Waals surface area contributed by atoms with E-state index in [4.69, 9.17) is 0 Å². The third kappa shape index (κ3) is 5.86. The number of amides is 2. The molecule has 1 N–H and O–H groups in total. The fourth-order valence-electron chi connectivity index (χ4n) is 3.12. The van der Waals surface area contributed by atoms with Gasteiger partial charge < -0.3 is 10.2 Å². The van der Waals surface area contributed by atoms with Gasteiger partial charge in [0.25, 0.3) is 0 Å². The third-order valence-electron chi connectivity index (χ3n) is 5.00. The standard InChI is InChI=1S/C20H27N5O4S2/c1-14(2)19-22-23-20(30-19)21-17(26)8-9-18(27)24-10-12-25(13-11-24)31(28,29)16-6-4-15(3)5-7-16/h4-7,14H,8-13H2,1-3H3,(H,21,23,26). The highest BCUT2D eigenvalue weighted by molar-refractivity contribution is 7.89. The van der Waals surface area contributed by atoms with Crippen LogP contribution in [0.25, 0.3) is 0 Å². The van der Waals surface area contributed by atoms with Gasteiger partial charge in [0.2, 0.25) is 27.0 Å². The molecule has 2 heterocycles. The van der Waals surface area contributed by atoms with Gasteiger partial charge in [-0.05, 0) is 19.1 Å². The average molecular weight is 466 g/mol. The van der Waals surface area contributed by atoms with Crippen molar-refractivity contribution in [1.29, 1.82) is 0 Å². The van der Waals surface area contributed by atoms with Crippen molar-refractivity contribution in [2.75, 3.05) is 31.5 Å². The van der Waals surface area contributed by atoms with Crippen LogP contribution in [-0.4, -0.2) is 65.8 Å². The molecule has 0 saturated carbocycles. The smallest absolute Gasteiger partial charge is 0.243 e. The molecule has 1 aromatic heterocycles. The van der Waals surface area contributed by atoms with Crippen LogP contribution in [0, 0.1) is 6.92 Å². The number of carbonyl (C=O) groups excluding carboxylic acids is 2. The van der Waals surface area contributed by atoms with Gasteiger partial charge in [-0.1, -0.05) is 42.9 Å². The Bertz CT molecular complexity index is 1030. The second kappa shape index (κ2) is 9.84. The summed E-state index contributed by atoms with van der Waals surface area (Å²) in [7, 11) is -3.57. The molecular formula is C20H27N5O4S2. The molecule has 0 aliphatic carbocycles. The van der Waals surface area contributed by atoms with E-state index in [1.54, 1.807) is 29.2 Å². The van der Waals surface area contributed by atoms with Gasteiger partial charge >= 0.3 is 0 Å². The van der Waals surface area contributed by atoms with Crippen molar-refractivity contribution in [2.24, 2.45) is 0 Å². The minimum Gasteiger partial charge on any atom is -0.340 e. The fraction of sp³-hybridized carbons (Fsp3) is 0.500. The lowest BCUT2D eigenvalue weighted by Crippen LogP contribution is -2.50. The Balaban J connectivity index is 1.46. The Morgan fingerprint density at radius 1 is 1.06 bits per heavy atom. The maximum atomic E-state index is 12.8. The fourth-order valence-corrected chi connectivity index (χ4v) is 5.30. The number of hydrogen-bond acceptors (Lipinski definition) is 7. The Morgan fingerprint density at radius 2 is 1.71 bits per heavy atom. The summed E-state index contributed by atoms with van der Waals surface area (Å²) in [6.45, 7) is 6.97. The largest absolute Gasteiger partial charge is 0.340 e. The molecule has 2 amide bonds. The second-order valence-electron chi connectivity index (χ2n) is 7.75. The molecule has 31 heavy (non-hydrogen) atoms. The summed E-state index contributed by atoms with van der Waals surface area (Å²) >= 11 is 1.32. The van der Waals surface area contributed by atoms with Gasteiger partial charge in [0.05, 0.1) is 4.90 Å². The summed E-state index contributed by atoms with van der Waals surface area (Å²) in [5, 5.41) is 11.9. The van der Waals surface area contributed by atoms with E-state index in [9.17, 15) is 18.0 Å². The quantitative estimate of drug-likeness (QED) is 0.671. The number of hydrogen-bond donors (Lipinski definition) is 1. The molecule has 1 aliphatic heterocycles. The number of nitrogens with zero attached hydrogens (tertiary/aromatic N) is 4. The lowest BCUT2D eigenvalue weighted by molar-refractivity contribution is -0.133. The normalized spacial score (nSPS) is 15.3. The van der Waals surface area contributed by atoms with Gasteiger partial charge in [-0.15, -0.1) is 10.2 Å². The first-order chi connectivity index (χ1) is 14.7. The van der Waals surface area contributed by atoms with E-state index >= 15 is 0 Å². The SMILES string of the molecule is Cc1ccc(S(=O)(=O)N2CCN(C(=O)CCC(=O)Nc3nnc(C(C)C)s3)CC2)cc1. The van der Waals surface area contributed by atoms with Gasteiger partial charge in [-0.25, -0.2) is 8.42 Å². The highest BCUT2D eigenvalue weighted by atomic mass is 32.2. The van der Waals surface area contributed by atoms with E-state index in [2.05, 4.69) is 15.5 Å². The van der Waals surface area contributed by atoms with E-state index in [1.165, 1.54) is 15.6 Å². The third-order valence-corrected chi connectivity index (χ3v) is 8.05. The average Bonchev–Trinajstić information content (AvgIpc) is 3.21. The van der Waals surface area contributed by atoms with Crippen LogP contribution in [0.4, 0.5) is 5.13 Å². The van der Waals surface area contributed by atoms with Crippen molar-refractivity contribution in [1.82, 2.24) is 19.4 Å². The molecular weight excluding hydrogens is 438 g/mol. The highest BCUT2D eigenvalue weighted by Crippen LogP contribution is 2.22. The van der Waals surface area contributed by atoms with Gasteiger partial charge in [-0.2, -0.15) is 4.31 Å². The van der Waals surface area contributed by atoms with Gasteiger partial charge in [-0.3, -0.25) is 9.59 Å². The van der Waals surface area contributed by atoms with Crippen LogP contribution < -0.4 is 5.32 Å². The molecule has 1 aliphatic rings. The first-order valence-electron chi connectivity index (χ1n) is 10.1. The molecule has 9 nitrogen and oxygen atoms in total. The Kier molecular flexibility index (Phi) is 7.39. The van der Waals surface area contributed by atoms with Crippen molar-refractivity contribution < 1.29 is 18.0 Å². The number of carbonyl (C=O) groups is 2. The van der Waals surface area contributed by atoms with E-state index in [0.29, 0.717) is 18.2 Å². The van der Waals surface area contributed by atoms with Crippen LogP contribution in [-0.2, 0) is 19.6 Å². The molecule has 0 atom stereocenters. The minimum atomic E-state index is -3.57. The maximum absolute atomic E-state index is 12.8. The summed E-state index contributed by atoms with van der Waals surface area (Å²) in [5.74, 6) is -0.221. The van der Waals surface area contributed by atoms with Crippen molar-refractivity contribution in [3.8, 4) is 0 Å². The van der Waals surface area contributed by atoms with Gasteiger partial charge in [0.1, 0.15) is 5.01 Å². The highest BCUT2D eigenvalue weighted by Gasteiger charge is 2.30. The summed E-state index contributed by atoms with van der Waals surface area (Å²) in [6.07, 6.45) is 0.101. The van der Waals surface area contributed by atoms with Crippen LogP contribution in [0.5, 0.6) is 0 Å². The molecule has 168 valence electrons. The molecule has 0 unspecified atom stereocenters. The van der Waals surface area contributed by atoms with Crippen LogP contribution in [0.3, 0.4) is 0 Å². The van der Waals surface area contributed by atoms with Crippen molar-refractivity contribution in [3.05, 3.63) is 34.8 Å². The predicted molar refractivity (Wildman–Crippen MR) is 118 cm³/mol. The summed E-state index contributed by atoms with van der Waals surface area (Å²) in [6, 6.07) is 6.73. The minimum absolute atomic E-state index is 0.0390. The Labute approximate surface area is 186 Å². The molecule has 0 bridgehead atoms. The zero-order valence-electron chi connectivity index (χ0n) is 17.9. The molecule has 1 saturated heterocycles. The lowest BCUT2D eigenvalue weighted by Gasteiger charge is -2.34. The van der Waals surface area contributed by atoms with E-state index in [-0.39, 0.29) is 48.6 Å². The maximum Gasteiger partial charge on any atom is 0.243 e. The van der Waals surface area contributed by atoms with Crippen LogP contribution in [0.1, 0.15) is 43.2 Å². The zero-order chi connectivity index (χ0) is 22.6. The molecule has 0 radical (unpaired) electrons. The molecule has 1 aromatic carbocycles. The van der Waals surface area contributed by atoms with Gasteiger partial charge in [0.15, 0.2) is 0 Å². The van der Waals surface area contributed by atoms with E-state index < -0.39 is 10.0 Å². The Morgan fingerprint density at radius 3 is 2.29 bits per heavy atom. The van der Waals surface area contributed by atoms with Crippen LogP contribution >= 0.6 is 11.3 Å². The number of rotatable bonds is 7. The van der Waals surface area contributed by atoms with Crippen molar-refractivity contribution in [2.45, 2.75) is 44.4 Å². The zero-order valence-corrected chi connectivity index (χ0v) is 19.5. The predicted octanol–water partition coefficient (Wildman–Crippen LogP) is 2.22. The van der Waals surface area contributed by atoms with Crippen LogP contribution in [0.15, 0.2) is 29.2 Å². The Hall–Kier alpha value is -2.37. The molecule has 1 fully saturated rings. The molecule has 3 rings (SSSR count). The van der Waals surface area contributed by atoms with Crippen LogP contribution in [0.2, 0.25) is 0 Å². The van der Waals surface area contributed by atoms with E-state index in [1.807, 2.05) is 20.8 Å². The summed E-state index contributed by atoms with van der Waals surface area (Å²) in [5.41, 5.74) is 0.991. The topological polar surface area (TPSA) is 113 Å². The number of nitrogens with one attached hydrogen (secondary N) is 1. The van der Waals surface area contributed by atoms with E-state index in [0.717, 1.165) is 10.6 Å². The first kappa shape index (κ1) is 23.3. The number of anilines is 1. The molecule has 11 heteroatoms. The summed E-state index contributed by atoms with van der Waals surface area (Å²) in [4.78, 5) is 26.4.